The summed E-state index contributed by atoms with van der Waals surface area (Å²) in [5, 5.41) is 4.04. The van der Waals surface area contributed by atoms with Gasteiger partial charge in [0.05, 0.1) is 6.04 Å². The highest BCUT2D eigenvalue weighted by molar-refractivity contribution is 9.10. The number of aryl methyl sites for hydroxylation is 2. The zero-order valence-electron chi connectivity index (χ0n) is 11.8. The van der Waals surface area contributed by atoms with Gasteiger partial charge in [0.25, 0.3) is 0 Å². The van der Waals surface area contributed by atoms with E-state index in [1.54, 1.807) is 11.8 Å². The van der Waals surface area contributed by atoms with E-state index in [-0.39, 0.29) is 6.04 Å². The van der Waals surface area contributed by atoms with Crippen LogP contribution in [0.3, 0.4) is 0 Å². The maximum Gasteiger partial charge on any atom is 0.243 e. The quantitative estimate of drug-likeness (QED) is 0.881. The van der Waals surface area contributed by atoms with Crippen LogP contribution < -0.4 is 5.73 Å². The summed E-state index contributed by atoms with van der Waals surface area (Å²) >= 11 is 5.31. The van der Waals surface area contributed by atoms with Gasteiger partial charge in [0.15, 0.2) is 0 Å². The number of halogens is 1. The van der Waals surface area contributed by atoms with Crippen LogP contribution in [0.25, 0.3) is 11.4 Å². The van der Waals surface area contributed by atoms with Crippen molar-refractivity contribution in [3.63, 3.8) is 0 Å². The molecule has 1 aromatic carbocycles. The van der Waals surface area contributed by atoms with Crippen LogP contribution in [0.4, 0.5) is 0 Å². The highest BCUT2D eigenvalue weighted by atomic mass is 79.9. The van der Waals surface area contributed by atoms with Crippen LogP contribution in [0.5, 0.6) is 0 Å². The molecular formula is C14H18BrN3OS. The fourth-order valence-corrected chi connectivity index (χ4v) is 2.66. The minimum Gasteiger partial charge on any atom is -0.337 e. The SMILES string of the molecule is CSCC[C@H](N)c1nc(-c2cc(C)c(Br)c(C)c2)no1. The smallest absolute Gasteiger partial charge is 0.243 e. The maximum atomic E-state index is 6.04. The van der Waals surface area contributed by atoms with Crippen molar-refractivity contribution in [3.8, 4) is 11.4 Å². The van der Waals surface area contributed by atoms with E-state index in [1.165, 1.54) is 0 Å². The third kappa shape index (κ3) is 3.42. The topological polar surface area (TPSA) is 64.9 Å². The molecule has 0 fully saturated rings. The summed E-state index contributed by atoms with van der Waals surface area (Å²) in [6.45, 7) is 4.09. The summed E-state index contributed by atoms with van der Waals surface area (Å²) in [4.78, 5) is 4.42. The minimum atomic E-state index is -0.193. The molecule has 0 aliphatic rings. The van der Waals surface area contributed by atoms with Gasteiger partial charge >= 0.3 is 0 Å². The Balaban J connectivity index is 2.24. The number of hydrogen-bond acceptors (Lipinski definition) is 5. The van der Waals surface area contributed by atoms with Gasteiger partial charge in [-0.1, -0.05) is 21.1 Å². The number of rotatable bonds is 5. The molecule has 0 saturated carbocycles. The Morgan fingerprint density at radius 2 is 2.00 bits per heavy atom. The second-order valence-corrected chi connectivity index (χ2v) is 6.55. The highest BCUT2D eigenvalue weighted by Gasteiger charge is 2.16. The average Bonchev–Trinajstić information content (AvgIpc) is 2.91. The van der Waals surface area contributed by atoms with Gasteiger partial charge in [-0.25, -0.2) is 0 Å². The zero-order valence-corrected chi connectivity index (χ0v) is 14.2. The molecule has 1 aromatic heterocycles. The molecule has 2 aromatic rings. The Bertz CT molecular complexity index is 577. The first kappa shape index (κ1) is 15.5. The van der Waals surface area contributed by atoms with Crippen LogP contribution in [0.2, 0.25) is 0 Å². The molecule has 4 nitrogen and oxygen atoms in total. The standard InChI is InChI=1S/C14H18BrN3OS/c1-8-6-10(7-9(2)12(8)15)13-17-14(19-18-13)11(16)4-5-20-3/h6-7,11H,4-5,16H2,1-3H3/t11-/m0/s1. The van der Waals surface area contributed by atoms with Crippen LogP contribution in [-0.2, 0) is 0 Å². The summed E-state index contributed by atoms with van der Waals surface area (Å²) in [5.74, 6) is 2.08. The molecule has 0 aliphatic heterocycles. The fraction of sp³-hybridized carbons (Fsp3) is 0.429. The Labute approximate surface area is 131 Å². The van der Waals surface area contributed by atoms with Crippen molar-refractivity contribution in [2.45, 2.75) is 26.3 Å². The second-order valence-electron chi connectivity index (χ2n) is 4.77. The Kier molecular flexibility index (Phi) is 5.23. The molecule has 2 rings (SSSR count). The van der Waals surface area contributed by atoms with Crippen LogP contribution in [0.1, 0.15) is 29.5 Å². The lowest BCUT2D eigenvalue weighted by Crippen LogP contribution is -2.11. The Morgan fingerprint density at radius 1 is 1.35 bits per heavy atom. The first-order valence-electron chi connectivity index (χ1n) is 6.38. The molecule has 108 valence electrons. The highest BCUT2D eigenvalue weighted by Crippen LogP contribution is 2.27. The normalized spacial score (nSPS) is 12.7. The van der Waals surface area contributed by atoms with Gasteiger partial charge in [0.2, 0.25) is 11.7 Å². The summed E-state index contributed by atoms with van der Waals surface area (Å²) < 4.78 is 6.39. The number of hydrogen-bond donors (Lipinski definition) is 1. The number of nitrogens with zero attached hydrogens (tertiary/aromatic N) is 2. The van der Waals surface area contributed by atoms with Crippen LogP contribution in [0.15, 0.2) is 21.1 Å². The summed E-state index contributed by atoms with van der Waals surface area (Å²) in [5.41, 5.74) is 9.30. The molecule has 0 spiro atoms. The summed E-state index contributed by atoms with van der Waals surface area (Å²) in [6.07, 6.45) is 2.89. The van der Waals surface area contributed by atoms with Gasteiger partial charge in [0, 0.05) is 10.0 Å². The predicted molar refractivity (Wildman–Crippen MR) is 86.8 cm³/mol. The van der Waals surface area contributed by atoms with Crippen molar-refractivity contribution in [1.29, 1.82) is 0 Å². The van der Waals surface area contributed by atoms with E-state index >= 15 is 0 Å². The number of benzene rings is 1. The van der Waals surface area contributed by atoms with E-state index in [0.29, 0.717) is 11.7 Å². The van der Waals surface area contributed by atoms with Crippen molar-refractivity contribution >= 4 is 27.7 Å². The lowest BCUT2D eigenvalue weighted by atomic mass is 10.1. The lowest BCUT2D eigenvalue weighted by Gasteiger charge is -2.05. The predicted octanol–water partition coefficient (Wildman–Crippen LogP) is 3.87. The molecule has 6 heteroatoms. The summed E-state index contributed by atoms with van der Waals surface area (Å²) in [6, 6.07) is 3.89. The Morgan fingerprint density at radius 3 is 2.60 bits per heavy atom. The first-order valence-corrected chi connectivity index (χ1v) is 8.57. The van der Waals surface area contributed by atoms with E-state index in [1.807, 2.05) is 26.0 Å². The fourth-order valence-electron chi connectivity index (χ4n) is 1.95. The molecule has 2 N–H and O–H groups in total. The van der Waals surface area contributed by atoms with Gasteiger partial charge in [-0.3, -0.25) is 0 Å². The van der Waals surface area contributed by atoms with Gasteiger partial charge in [-0.05, 0) is 55.5 Å². The van der Waals surface area contributed by atoms with Gasteiger partial charge in [0.1, 0.15) is 0 Å². The Hall–Kier alpha value is -0.850. The van der Waals surface area contributed by atoms with Crippen molar-refractivity contribution in [2.24, 2.45) is 5.73 Å². The van der Waals surface area contributed by atoms with Gasteiger partial charge < -0.3 is 10.3 Å². The van der Waals surface area contributed by atoms with Crippen LogP contribution in [0, 0.1) is 13.8 Å². The maximum absolute atomic E-state index is 6.04. The average molecular weight is 356 g/mol. The molecule has 1 atom stereocenters. The van der Waals surface area contributed by atoms with E-state index in [2.05, 4.69) is 32.3 Å². The molecule has 0 aliphatic carbocycles. The first-order chi connectivity index (χ1) is 9.52. The number of aromatic nitrogens is 2. The molecule has 0 radical (unpaired) electrons. The molecule has 1 heterocycles. The van der Waals surface area contributed by atoms with Gasteiger partial charge in [-0.15, -0.1) is 0 Å². The molecule has 0 saturated heterocycles. The molecule has 20 heavy (non-hydrogen) atoms. The molecule has 0 unspecified atom stereocenters. The van der Waals surface area contributed by atoms with E-state index in [0.717, 1.165) is 33.3 Å². The van der Waals surface area contributed by atoms with E-state index in [9.17, 15) is 0 Å². The zero-order chi connectivity index (χ0) is 14.7. The molecule has 0 amide bonds. The third-order valence-corrected chi connectivity index (χ3v) is 4.98. The van der Waals surface area contributed by atoms with Crippen LogP contribution >= 0.6 is 27.7 Å². The second kappa shape index (κ2) is 6.74. The lowest BCUT2D eigenvalue weighted by molar-refractivity contribution is 0.353. The molecular weight excluding hydrogens is 338 g/mol. The minimum absolute atomic E-state index is 0.193. The number of thioether (sulfide) groups is 1. The largest absolute Gasteiger partial charge is 0.337 e. The monoisotopic (exact) mass is 355 g/mol. The third-order valence-electron chi connectivity index (χ3n) is 3.09. The van der Waals surface area contributed by atoms with E-state index in [4.69, 9.17) is 10.3 Å². The summed E-state index contributed by atoms with van der Waals surface area (Å²) in [7, 11) is 0. The van der Waals surface area contributed by atoms with Crippen LogP contribution in [-0.4, -0.2) is 22.1 Å². The molecule has 0 bridgehead atoms. The van der Waals surface area contributed by atoms with Crippen molar-refractivity contribution in [3.05, 3.63) is 33.6 Å². The van der Waals surface area contributed by atoms with Gasteiger partial charge in [-0.2, -0.15) is 16.7 Å². The van der Waals surface area contributed by atoms with Crippen molar-refractivity contribution < 1.29 is 4.52 Å². The van der Waals surface area contributed by atoms with E-state index < -0.39 is 0 Å². The van der Waals surface area contributed by atoms with Crippen molar-refractivity contribution in [1.82, 2.24) is 10.1 Å². The number of nitrogens with two attached hydrogens (primary N) is 1. The van der Waals surface area contributed by atoms with Crippen molar-refractivity contribution in [2.75, 3.05) is 12.0 Å².